The van der Waals surface area contributed by atoms with Gasteiger partial charge in [0.1, 0.15) is 18.5 Å². The molecule has 1 rings (SSSR count). The van der Waals surface area contributed by atoms with E-state index in [9.17, 15) is 15.0 Å². The Morgan fingerprint density at radius 1 is 1.00 bits per heavy atom. The lowest BCUT2D eigenvalue weighted by Crippen LogP contribution is -2.34. The number of aliphatic hydroxyl groups excluding tert-OH is 2. The van der Waals surface area contributed by atoms with E-state index in [2.05, 4.69) is 0 Å². The Balaban J connectivity index is 1.94. The average molecular weight is 330 g/mol. The van der Waals surface area contributed by atoms with Gasteiger partial charge in [0.2, 0.25) is 0 Å². The highest BCUT2D eigenvalue weighted by atomic mass is 16.7. The summed E-state index contributed by atoms with van der Waals surface area (Å²) in [6.45, 7) is 3.72. The fourth-order valence-electron chi connectivity index (χ4n) is 2.94. The number of carbonyl (C=O) groups is 1. The maximum absolute atomic E-state index is 10.2. The van der Waals surface area contributed by atoms with Crippen molar-refractivity contribution >= 4 is 6.29 Å². The van der Waals surface area contributed by atoms with Crippen LogP contribution >= 0.6 is 0 Å². The smallest absolute Gasteiger partial charge is 0.186 e. The van der Waals surface area contributed by atoms with Crippen molar-refractivity contribution < 1.29 is 24.5 Å². The maximum atomic E-state index is 10.2. The van der Waals surface area contributed by atoms with E-state index in [0.717, 1.165) is 32.0 Å². The van der Waals surface area contributed by atoms with Crippen molar-refractivity contribution in [1.29, 1.82) is 0 Å². The topological polar surface area (TPSA) is 76.0 Å². The summed E-state index contributed by atoms with van der Waals surface area (Å²) in [6.07, 6.45) is 9.22. The summed E-state index contributed by atoms with van der Waals surface area (Å²) in [5.74, 6) is 0. The fourth-order valence-corrected chi connectivity index (χ4v) is 2.94. The highest BCUT2D eigenvalue weighted by Crippen LogP contribution is 2.24. The van der Waals surface area contributed by atoms with Gasteiger partial charge in [-0.2, -0.15) is 0 Å². The third-order valence-electron chi connectivity index (χ3n) is 4.51. The Kier molecular flexibility index (Phi) is 10.7. The molecule has 1 aliphatic rings. The quantitative estimate of drug-likeness (QED) is 0.401. The summed E-state index contributed by atoms with van der Waals surface area (Å²) in [7, 11) is 0. The summed E-state index contributed by atoms with van der Waals surface area (Å²) in [5, 5.41) is 19.4. The van der Waals surface area contributed by atoms with Gasteiger partial charge in [-0.25, -0.2) is 0 Å². The van der Waals surface area contributed by atoms with Gasteiger partial charge in [-0.1, -0.05) is 44.9 Å². The van der Waals surface area contributed by atoms with Crippen LogP contribution in [-0.4, -0.2) is 47.2 Å². The predicted octanol–water partition coefficient (Wildman–Crippen LogP) is 2.96. The first-order chi connectivity index (χ1) is 11.1. The van der Waals surface area contributed by atoms with Gasteiger partial charge < -0.3 is 24.5 Å². The van der Waals surface area contributed by atoms with E-state index in [-0.39, 0.29) is 12.2 Å². The highest BCUT2D eigenvalue weighted by Gasteiger charge is 2.41. The predicted molar refractivity (Wildman–Crippen MR) is 89.1 cm³/mol. The molecule has 0 aromatic carbocycles. The van der Waals surface area contributed by atoms with E-state index in [0.29, 0.717) is 6.42 Å². The van der Waals surface area contributed by atoms with Crippen LogP contribution in [0.15, 0.2) is 0 Å². The van der Waals surface area contributed by atoms with Crippen LogP contribution in [0.2, 0.25) is 0 Å². The van der Waals surface area contributed by atoms with Crippen LogP contribution in [-0.2, 0) is 14.3 Å². The molecule has 0 bridgehead atoms. The van der Waals surface area contributed by atoms with Crippen molar-refractivity contribution in [2.75, 3.05) is 0 Å². The fraction of sp³-hybridized carbons (Fsp3) is 0.944. The number of carbonyl (C=O) groups excluding carboxylic acids is 1. The number of unbranched alkanes of at least 4 members (excludes halogenated alkanes) is 8. The van der Waals surface area contributed by atoms with Gasteiger partial charge in [0.15, 0.2) is 6.29 Å². The molecular weight excluding hydrogens is 296 g/mol. The summed E-state index contributed by atoms with van der Waals surface area (Å²) < 4.78 is 11.1. The molecule has 0 aromatic rings. The van der Waals surface area contributed by atoms with Crippen molar-refractivity contribution in [3.05, 3.63) is 0 Å². The first-order valence-electron chi connectivity index (χ1n) is 9.17. The van der Waals surface area contributed by atoms with Crippen molar-refractivity contribution in [2.45, 2.75) is 109 Å². The maximum Gasteiger partial charge on any atom is 0.186 e. The summed E-state index contributed by atoms with van der Waals surface area (Å²) in [6, 6.07) is 0. The molecule has 0 aliphatic carbocycles. The van der Waals surface area contributed by atoms with Gasteiger partial charge in [0.25, 0.3) is 0 Å². The number of rotatable bonds is 13. The van der Waals surface area contributed by atoms with E-state index in [4.69, 9.17) is 9.47 Å². The van der Waals surface area contributed by atoms with Gasteiger partial charge in [-0.15, -0.1) is 0 Å². The van der Waals surface area contributed by atoms with Crippen molar-refractivity contribution in [1.82, 2.24) is 0 Å². The highest BCUT2D eigenvalue weighted by molar-refractivity contribution is 5.48. The van der Waals surface area contributed by atoms with Crippen LogP contribution < -0.4 is 0 Å². The van der Waals surface area contributed by atoms with Gasteiger partial charge in [0.05, 0.1) is 12.2 Å². The Morgan fingerprint density at radius 2 is 1.57 bits per heavy atom. The largest absolute Gasteiger partial charge is 0.388 e. The van der Waals surface area contributed by atoms with E-state index in [1.165, 1.54) is 32.1 Å². The zero-order valence-electron chi connectivity index (χ0n) is 14.7. The second kappa shape index (κ2) is 12.0. The molecule has 0 radical (unpaired) electrons. The Bertz CT molecular complexity index is 310. The summed E-state index contributed by atoms with van der Waals surface area (Å²) in [4.78, 5) is 10.2. The van der Waals surface area contributed by atoms with Gasteiger partial charge in [-0.3, -0.25) is 0 Å². The minimum atomic E-state index is -0.952. The molecule has 0 aromatic heterocycles. The molecule has 5 heteroatoms. The molecule has 2 N–H and O–H groups in total. The first-order valence-corrected chi connectivity index (χ1v) is 9.17. The minimum absolute atomic E-state index is 0.0236. The number of ether oxygens (including phenoxy) is 2. The molecule has 1 fully saturated rings. The molecule has 5 unspecified atom stereocenters. The lowest BCUT2D eigenvalue weighted by Gasteiger charge is -2.20. The normalized spacial score (nSPS) is 28.9. The molecule has 0 saturated carbocycles. The molecule has 1 heterocycles. The SMILES string of the molecule is CC(CCCCCCCCCCC=O)OC1OC(C)C(O)C1O. The number of hydrogen-bond donors (Lipinski definition) is 2. The number of hydrogen-bond acceptors (Lipinski definition) is 5. The van der Waals surface area contributed by atoms with Crippen LogP contribution in [0.1, 0.15) is 78.1 Å². The third-order valence-corrected chi connectivity index (χ3v) is 4.51. The summed E-state index contributed by atoms with van der Waals surface area (Å²) >= 11 is 0. The lowest BCUT2D eigenvalue weighted by atomic mass is 10.1. The second-order valence-electron chi connectivity index (χ2n) is 6.71. The van der Waals surface area contributed by atoms with E-state index in [1.54, 1.807) is 6.92 Å². The Morgan fingerprint density at radius 3 is 2.09 bits per heavy atom. The molecule has 5 atom stereocenters. The molecule has 136 valence electrons. The van der Waals surface area contributed by atoms with Gasteiger partial charge >= 0.3 is 0 Å². The molecule has 5 nitrogen and oxygen atoms in total. The zero-order valence-corrected chi connectivity index (χ0v) is 14.7. The van der Waals surface area contributed by atoms with Crippen molar-refractivity contribution in [2.24, 2.45) is 0 Å². The minimum Gasteiger partial charge on any atom is -0.388 e. The Labute approximate surface area is 140 Å². The van der Waals surface area contributed by atoms with Crippen LogP contribution in [0.5, 0.6) is 0 Å². The average Bonchev–Trinajstić information content (AvgIpc) is 2.76. The van der Waals surface area contributed by atoms with Gasteiger partial charge in [-0.05, 0) is 26.7 Å². The Hall–Kier alpha value is -0.490. The van der Waals surface area contributed by atoms with Crippen LogP contribution in [0.3, 0.4) is 0 Å². The lowest BCUT2D eigenvalue weighted by molar-refractivity contribution is -0.186. The second-order valence-corrected chi connectivity index (χ2v) is 6.71. The van der Waals surface area contributed by atoms with Crippen molar-refractivity contribution in [3.8, 4) is 0 Å². The number of aliphatic hydroxyl groups is 2. The number of aldehydes is 1. The molecular formula is C18H34O5. The van der Waals surface area contributed by atoms with Crippen LogP contribution in [0.4, 0.5) is 0 Å². The molecule has 1 saturated heterocycles. The standard InChI is InChI=1S/C18H34O5/c1-14(22-18-17(21)16(20)15(2)23-18)12-10-8-6-4-3-5-7-9-11-13-19/h13-18,20-21H,3-12H2,1-2H3. The molecule has 23 heavy (non-hydrogen) atoms. The monoisotopic (exact) mass is 330 g/mol. The third kappa shape index (κ3) is 8.25. The van der Waals surface area contributed by atoms with Crippen LogP contribution in [0.25, 0.3) is 0 Å². The zero-order chi connectivity index (χ0) is 17.1. The van der Waals surface area contributed by atoms with Crippen LogP contribution in [0, 0.1) is 0 Å². The molecule has 0 amide bonds. The van der Waals surface area contributed by atoms with E-state index < -0.39 is 18.5 Å². The van der Waals surface area contributed by atoms with Crippen molar-refractivity contribution in [3.63, 3.8) is 0 Å². The van der Waals surface area contributed by atoms with Gasteiger partial charge in [0, 0.05) is 6.42 Å². The van der Waals surface area contributed by atoms with E-state index in [1.807, 2.05) is 6.92 Å². The van der Waals surface area contributed by atoms with E-state index >= 15 is 0 Å². The first kappa shape index (κ1) is 20.6. The molecule has 0 spiro atoms. The summed E-state index contributed by atoms with van der Waals surface area (Å²) in [5.41, 5.74) is 0. The molecule has 1 aliphatic heterocycles.